The summed E-state index contributed by atoms with van der Waals surface area (Å²) in [5.74, 6) is 0.858. The van der Waals surface area contributed by atoms with Crippen molar-refractivity contribution in [2.45, 2.75) is 19.3 Å². The Morgan fingerprint density at radius 3 is 3.00 bits per heavy atom. The van der Waals surface area contributed by atoms with Crippen molar-refractivity contribution >= 4 is 23.7 Å². The van der Waals surface area contributed by atoms with E-state index in [1.807, 2.05) is 6.07 Å². The average molecular weight is 250 g/mol. The fourth-order valence-corrected chi connectivity index (χ4v) is 2.02. The van der Waals surface area contributed by atoms with Crippen molar-refractivity contribution in [1.29, 1.82) is 0 Å². The van der Waals surface area contributed by atoms with Crippen LogP contribution in [-0.2, 0) is 5.41 Å². The maximum Gasteiger partial charge on any atom is 0.181 e. The predicted octanol–water partition coefficient (Wildman–Crippen LogP) is 2.62. The molecule has 92 valence electrons. The zero-order chi connectivity index (χ0) is 12.3. The van der Waals surface area contributed by atoms with Gasteiger partial charge in [0.25, 0.3) is 0 Å². The minimum atomic E-state index is 0.0733. The summed E-state index contributed by atoms with van der Waals surface area (Å²) in [7, 11) is 0. The van der Waals surface area contributed by atoms with Gasteiger partial charge in [-0.25, -0.2) is 4.98 Å². The first-order chi connectivity index (χ1) is 8.13. The molecule has 0 saturated carbocycles. The van der Waals surface area contributed by atoms with Crippen LogP contribution in [0, 0.1) is 0 Å². The van der Waals surface area contributed by atoms with Crippen LogP contribution in [0.5, 0.6) is 0 Å². The maximum absolute atomic E-state index is 5.34. The van der Waals surface area contributed by atoms with E-state index < -0.39 is 0 Å². The second-order valence-electron chi connectivity index (χ2n) is 4.82. The Bertz CT molecular complexity index is 493. The standard InChI is InChI=1S/C13H18N2OS/c1-13(2,8-14-5-6-17)10-3-4-11-12(7-10)16-9-15-11/h3-4,7,9,14,17H,5-6,8H2,1-2H3. The van der Waals surface area contributed by atoms with E-state index in [-0.39, 0.29) is 5.41 Å². The number of nitrogens with one attached hydrogen (secondary N) is 1. The molecular formula is C13H18N2OS. The zero-order valence-electron chi connectivity index (χ0n) is 10.2. The highest BCUT2D eigenvalue weighted by molar-refractivity contribution is 7.80. The molecule has 0 aliphatic carbocycles. The van der Waals surface area contributed by atoms with Crippen LogP contribution >= 0.6 is 12.6 Å². The minimum absolute atomic E-state index is 0.0733. The van der Waals surface area contributed by atoms with E-state index >= 15 is 0 Å². The summed E-state index contributed by atoms with van der Waals surface area (Å²) >= 11 is 4.19. The van der Waals surface area contributed by atoms with Crippen LogP contribution < -0.4 is 5.32 Å². The van der Waals surface area contributed by atoms with Gasteiger partial charge in [-0.15, -0.1) is 0 Å². The number of oxazole rings is 1. The third-order valence-corrected chi connectivity index (χ3v) is 3.19. The Balaban J connectivity index is 2.18. The molecule has 0 aliphatic heterocycles. The SMILES string of the molecule is CC(C)(CNCCS)c1ccc2ncoc2c1. The van der Waals surface area contributed by atoms with E-state index in [0.29, 0.717) is 0 Å². The summed E-state index contributed by atoms with van der Waals surface area (Å²) in [6, 6.07) is 6.20. The first kappa shape index (κ1) is 12.5. The number of rotatable bonds is 5. The van der Waals surface area contributed by atoms with Crippen molar-refractivity contribution in [3.63, 3.8) is 0 Å². The van der Waals surface area contributed by atoms with Crippen molar-refractivity contribution in [3.8, 4) is 0 Å². The molecule has 0 fully saturated rings. The number of aromatic nitrogens is 1. The summed E-state index contributed by atoms with van der Waals surface area (Å²) in [4.78, 5) is 4.12. The normalized spacial score (nSPS) is 12.2. The van der Waals surface area contributed by atoms with E-state index in [1.165, 1.54) is 12.0 Å². The smallest absolute Gasteiger partial charge is 0.181 e. The summed E-state index contributed by atoms with van der Waals surface area (Å²) in [6.07, 6.45) is 1.49. The predicted molar refractivity (Wildman–Crippen MR) is 73.8 cm³/mol. The van der Waals surface area contributed by atoms with Gasteiger partial charge in [-0.3, -0.25) is 0 Å². The first-order valence-electron chi connectivity index (χ1n) is 5.79. The highest BCUT2D eigenvalue weighted by atomic mass is 32.1. The van der Waals surface area contributed by atoms with E-state index in [2.05, 4.69) is 48.9 Å². The Morgan fingerprint density at radius 1 is 1.41 bits per heavy atom. The molecule has 1 aromatic carbocycles. The third kappa shape index (κ3) is 2.82. The lowest BCUT2D eigenvalue weighted by molar-refractivity contribution is 0.478. The van der Waals surface area contributed by atoms with Crippen molar-refractivity contribution in [2.24, 2.45) is 0 Å². The Kier molecular flexibility index (Phi) is 3.74. The number of thiol groups is 1. The van der Waals surface area contributed by atoms with Gasteiger partial charge >= 0.3 is 0 Å². The van der Waals surface area contributed by atoms with Gasteiger partial charge in [0, 0.05) is 24.3 Å². The van der Waals surface area contributed by atoms with Crippen LogP contribution in [0.1, 0.15) is 19.4 Å². The fraction of sp³-hybridized carbons (Fsp3) is 0.462. The third-order valence-electron chi connectivity index (χ3n) is 2.97. The molecule has 1 heterocycles. The number of benzene rings is 1. The molecule has 0 atom stereocenters. The molecule has 0 saturated heterocycles. The number of hydrogen-bond donors (Lipinski definition) is 2. The van der Waals surface area contributed by atoms with Crippen molar-refractivity contribution in [3.05, 3.63) is 30.2 Å². The lowest BCUT2D eigenvalue weighted by atomic mass is 9.84. The molecule has 3 nitrogen and oxygen atoms in total. The molecule has 17 heavy (non-hydrogen) atoms. The molecule has 0 unspecified atom stereocenters. The van der Waals surface area contributed by atoms with Crippen LogP contribution in [0.25, 0.3) is 11.1 Å². The lowest BCUT2D eigenvalue weighted by Gasteiger charge is -2.25. The fourth-order valence-electron chi connectivity index (χ4n) is 1.86. The van der Waals surface area contributed by atoms with Gasteiger partial charge in [0.1, 0.15) is 5.52 Å². The van der Waals surface area contributed by atoms with E-state index in [1.54, 1.807) is 0 Å². The summed E-state index contributed by atoms with van der Waals surface area (Å²) in [5, 5.41) is 3.39. The van der Waals surface area contributed by atoms with Crippen LogP contribution in [0.3, 0.4) is 0 Å². The summed E-state index contributed by atoms with van der Waals surface area (Å²) < 4.78 is 5.34. The largest absolute Gasteiger partial charge is 0.443 e. The molecule has 0 aliphatic rings. The average Bonchev–Trinajstić information content (AvgIpc) is 2.76. The van der Waals surface area contributed by atoms with Gasteiger partial charge in [0.2, 0.25) is 0 Å². The number of hydrogen-bond acceptors (Lipinski definition) is 4. The van der Waals surface area contributed by atoms with Gasteiger partial charge in [0.05, 0.1) is 0 Å². The number of fused-ring (bicyclic) bond motifs is 1. The van der Waals surface area contributed by atoms with Gasteiger partial charge in [-0.2, -0.15) is 12.6 Å². The van der Waals surface area contributed by atoms with Crippen molar-refractivity contribution in [2.75, 3.05) is 18.8 Å². The van der Waals surface area contributed by atoms with Gasteiger partial charge in [0.15, 0.2) is 12.0 Å². The molecule has 0 radical (unpaired) electrons. The van der Waals surface area contributed by atoms with Gasteiger partial charge in [-0.1, -0.05) is 19.9 Å². The quantitative estimate of drug-likeness (QED) is 0.633. The minimum Gasteiger partial charge on any atom is -0.443 e. The first-order valence-corrected chi connectivity index (χ1v) is 6.42. The molecule has 4 heteroatoms. The van der Waals surface area contributed by atoms with Gasteiger partial charge in [-0.05, 0) is 17.7 Å². The van der Waals surface area contributed by atoms with Crippen LogP contribution in [0.2, 0.25) is 0 Å². The lowest BCUT2D eigenvalue weighted by Crippen LogP contribution is -2.33. The highest BCUT2D eigenvalue weighted by Crippen LogP contribution is 2.25. The Morgan fingerprint density at radius 2 is 2.24 bits per heavy atom. The molecular weight excluding hydrogens is 232 g/mol. The van der Waals surface area contributed by atoms with E-state index in [0.717, 1.165) is 29.9 Å². The van der Waals surface area contributed by atoms with Crippen molar-refractivity contribution in [1.82, 2.24) is 10.3 Å². The monoisotopic (exact) mass is 250 g/mol. The second kappa shape index (κ2) is 5.10. The Hall–Kier alpha value is -1.00. The molecule has 0 amide bonds. The second-order valence-corrected chi connectivity index (χ2v) is 5.27. The summed E-state index contributed by atoms with van der Waals surface area (Å²) in [6.45, 7) is 6.29. The number of nitrogens with zero attached hydrogens (tertiary/aromatic N) is 1. The van der Waals surface area contributed by atoms with Crippen molar-refractivity contribution < 1.29 is 4.42 Å². The van der Waals surface area contributed by atoms with Crippen LogP contribution in [0.15, 0.2) is 29.0 Å². The van der Waals surface area contributed by atoms with Crippen LogP contribution in [-0.4, -0.2) is 23.8 Å². The highest BCUT2D eigenvalue weighted by Gasteiger charge is 2.20. The molecule has 1 N–H and O–H groups in total. The zero-order valence-corrected chi connectivity index (χ0v) is 11.1. The topological polar surface area (TPSA) is 38.1 Å². The molecule has 1 aromatic heterocycles. The van der Waals surface area contributed by atoms with Gasteiger partial charge < -0.3 is 9.73 Å². The van der Waals surface area contributed by atoms with E-state index in [4.69, 9.17) is 4.42 Å². The molecule has 0 spiro atoms. The van der Waals surface area contributed by atoms with E-state index in [9.17, 15) is 0 Å². The Labute approximate surface area is 107 Å². The maximum atomic E-state index is 5.34. The molecule has 2 aromatic rings. The molecule has 2 rings (SSSR count). The summed E-state index contributed by atoms with van der Waals surface area (Å²) in [5.41, 5.74) is 3.09. The molecule has 0 bridgehead atoms. The van der Waals surface area contributed by atoms with Crippen LogP contribution in [0.4, 0.5) is 0 Å².